The lowest BCUT2D eigenvalue weighted by atomic mass is 9.97. The highest BCUT2D eigenvalue weighted by atomic mass is 16.5. The number of aromatic nitrogens is 1. The lowest BCUT2D eigenvalue weighted by Gasteiger charge is -2.15. The van der Waals surface area contributed by atoms with Gasteiger partial charge in [0.2, 0.25) is 5.78 Å². The van der Waals surface area contributed by atoms with Crippen LogP contribution in [0.15, 0.2) is 48.1 Å². The number of esters is 1. The summed E-state index contributed by atoms with van der Waals surface area (Å²) in [4.78, 5) is 24.6. The fourth-order valence-corrected chi connectivity index (χ4v) is 3.92. The van der Waals surface area contributed by atoms with Gasteiger partial charge in [0.25, 0.3) is 0 Å². The predicted octanol–water partition coefficient (Wildman–Crippen LogP) is 5.74. The Morgan fingerprint density at radius 1 is 1.10 bits per heavy atom. The molecule has 1 heterocycles. The van der Waals surface area contributed by atoms with Crippen molar-refractivity contribution in [3.05, 3.63) is 76.1 Å². The van der Waals surface area contributed by atoms with Gasteiger partial charge in [-0.25, -0.2) is 4.79 Å². The Balaban J connectivity index is 1.55. The van der Waals surface area contributed by atoms with Crippen LogP contribution in [0, 0.1) is 20.8 Å². The first-order valence-electron chi connectivity index (χ1n) is 10.7. The zero-order chi connectivity index (χ0) is 21.5. The molecule has 3 rings (SSSR count). The van der Waals surface area contributed by atoms with E-state index in [9.17, 15) is 9.59 Å². The van der Waals surface area contributed by atoms with Crippen molar-refractivity contribution in [3.8, 4) is 0 Å². The number of allylic oxidation sites excluding steroid dienone is 2. The van der Waals surface area contributed by atoms with E-state index in [0.717, 1.165) is 35.5 Å². The molecule has 2 aromatic rings. The molecule has 0 saturated carbocycles. The van der Waals surface area contributed by atoms with Crippen LogP contribution >= 0.6 is 0 Å². The molecule has 0 amide bonds. The predicted molar refractivity (Wildman–Crippen MR) is 121 cm³/mol. The van der Waals surface area contributed by atoms with Crippen LogP contribution in [-0.2, 0) is 16.1 Å². The van der Waals surface area contributed by atoms with Crippen molar-refractivity contribution in [1.82, 2.24) is 4.57 Å². The van der Waals surface area contributed by atoms with Crippen LogP contribution in [0.25, 0.3) is 6.08 Å². The van der Waals surface area contributed by atoms with Gasteiger partial charge in [-0.2, -0.15) is 0 Å². The number of ketones is 1. The van der Waals surface area contributed by atoms with E-state index in [0.29, 0.717) is 5.56 Å². The summed E-state index contributed by atoms with van der Waals surface area (Å²) in [6, 6.07) is 9.73. The Labute approximate surface area is 179 Å². The second kappa shape index (κ2) is 10.2. The Kier molecular flexibility index (Phi) is 7.45. The number of hydrogen-bond donors (Lipinski definition) is 0. The first-order chi connectivity index (χ1) is 14.4. The number of benzene rings is 1. The van der Waals surface area contributed by atoms with Crippen molar-refractivity contribution in [3.63, 3.8) is 0 Å². The van der Waals surface area contributed by atoms with Gasteiger partial charge in [0.15, 0.2) is 6.61 Å². The summed E-state index contributed by atoms with van der Waals surface area (Å²) < 4.78 is 7.37. The highest BCUT2D eigenvalue weighted by Gasteiger charge is 2.17. The highest BCUT2D eigenvalue weighted by molar-refractivity contribution is 6.00. The Hall–Kier alpha value is -2.88. The SMILES string of the molecule is Cc1ccc(/C=C/C(=O)OCC(=O)c2cc(C)n(CCC3=CCCCC3)c2C)cc1. The summed E-state index contributed by atoms with van der Waals surface area (Å²) in [6.07, 6.45) is 11.4. The van der Waals surface area contributed by atoms with Gasteiger partial charge in [0.05, 0.1) is 0 Å². The summed E-state index contributed by atoms with van der Waals surface area (Å²) in [7, 11) is 0. The molecule has 1 aliphatic rings. The minimum Gasteiger partial charge on any atom is -0.454 e. The molecule has 0 spiro atoms. The summed E-state index contributed by atoms with van der Waals surface area (Å²) >= 11 is 0. The molecule has 4 nitrogen and oxygen atoms in total. The second-order valence-corrected chi connectivity index (χ2v) is 8.07. The second-order valence-electron chi connectivity index (χ2n) is 8.07. The summed E-state index contributed by atoms with van der Waals surface area (Å²) in [6.45, 7) is 6.64. The van der Waals surface area contributed by atoms with E-state index in [2.05, 4.69) is 10.6 Å². The minimum absolute atomic E-state index is 0.164. The van der Waals surface area contributed by atoms with Gasteiger partial charge >= 0.3 is 5.97 Å². The summed E-state index contributed by atoms with van der Waals surface area (Å²) in [5.74, 6) is -0.676. The Morgan fingerprint density at radius 2 is 1.87 bits per heavy atom. The average molecular weight is 406 g/mol. The molecule has 0 radical (unpaired) electrons. The average Bonchev–Trinajstić information content (AvgIpc) is 3.04. The van der Waals surface area contributed by atoms with E-state index < -0.39 is 5.97 Å². The van der Waals surface area contributed by atoms with E-state index in [1.807, 2.05) is 51.1 Å². The largest absolute Gasteiger partial charge is 0.454 e. The number of rotatable bonds is 8. The van der Waals surface area contributed by atoms with Gasteiger partial charge < -0.3 is 9.30 Å². The van der Waals surface area contributed by atoms with Crippen molar-refractivity contribution < 1.29 is 14.3 Å². The van der Waals surface area contributed by atoms with E-state index in [1.54, 1.807) is 6.08 Å². The van der Waals surface area contributed by atoms with Crippen LogP contribution in [0.1, 0.15) is 65.0 Å². The van der Waals surface area contributed by atoms with Crippen LogP contribution in [0.5, 0.6) is 0 Å². The maximum absolute atomic E-state index is 12.6. The molecule has 1 aromatic carbocycles. The third-order valence-electron chi connectivity index (χ3n) is 5.75. The number of aryl methyl sites for hydroxylation is 2. The molecule has 1 aromatic heterocycles. The monoisotopic (exact) mass is 405 g/mol. The minimum atomic E-state index is -0.512. The van der Waals surface area contributed by atoms with E-state index in [1.165, 1.54) is 37.3 Å². The first-order valence-corrected chi connectivity index (χ1v) is 10.7. The van der Waals surface area contributed by atoms with E-state index in [-0.39, 0.29) is 12.4 Å². The summed E-state index contributed by atoms with van der Waals surface area (Å²) in [5.41, 5.74) is 6.25. The zero-order valence-electron chi connectivity index (χ0n) is 18.2. The van der Waals surface area contributed by atoms with Crippen LogP contribution in [0.4, 0.5) is 0 Å². The molecule has 0 saturated heterocycles. The van der Waals surface area contributed by atoms with Crippen LogP contribution in [0.2, 0.25) is 0 Å². The topological polar surface area (TPSA) is 48.3 Å². The molecule has 0 atom stereocenters. The smallest absolute Gasteiger partial charge is 0.331 e. The molecule has 4 heteroatoms. The summed E-state index contributed by atoms with van der Waals surface area (Å²) in [5, 5.41) is 0. The molecular formula is C26H31NO3. The van der Waals surface area contributed by atoms with Gasteiger partial charge in [0.1, 0.15) is 0 Å². The fourth-order valence-electron chi connectivity index (χ4n) is 3.92. The maximum Gasteiger partial charge on any atom is 0.331 e. The quantitative estimate of drug-likeness (QED) is 0.243. The molecule has 30 heavy (non-hydrogen) atoms. The number of carbonyl (C=O) groups is 2. The van der Waals surface area contributed by atoms with Crippen molar-refractivity contribution in [2.45, 2.75) is 59.4 Å². The van der Waals surface area contributed by atoms with Crippen LogP contribution in [-0.4, -0.2) is 22.9 Å². The normalized spacial score (nSPS) is 14.0. The molecule has 0 fully saturated rings. The Bertz CT molecular complexity index is 961. The molecule has 0 N–H and O–H groups in total. The van der Waals surface area contributed by atoms with Gasteiger partial charge in [-0.15, -0.1) is 0 Å². The number of ether oxygens (including phenoxy) is 1. The number of nitrogens with zero attached hydrogens (tertiary/aromatic N) is 1. The third-order valence-corrected chi connectivity index (χ3v) is 5.75. The molecule has 0 bridgehead atoms. The van der Waals surface area contributed by atoms with E-state index >= 15 is 0 Å². The lowest BCUT2D eigenvalue weighted by molar-refractivity contribution is -0.136. The van der Waals surface area contributed by atoms with Crippen LogP contribution < -0.4 is 0 Å². The molecule has 0 aliphatic heterocycles. The molecule has 0 unspecified atom stereocenters. The van der Waals surface area contributed by atoms with Crippen molar-refractivity contribution in [2.75, 3.05) is 6.61 Å². The van der Waals surface area contributed by atoms with Crippen molar-refractivity contribution in [1.29, 1.82) is 0 Å². The number of hydrogen-bond acceptors (Lipinski definition) is 3. The van der Waals surface area contributed by atoms with Gasteiger partial charge in [-0.1, -0.05) is 41.5 Å². The first kappa shape index (κ1) is 21.8. The standard InChI is InChI=1S/C26H31NO3/c1-19-9-11-23(12-10-19)13-14-26(29)30-18-25(28)24-17-20(2)27(21(24)3)16-15-22-7-5-4-6-8-22/h7,9-14,17H,4-6,8,15-16,18H2,1-3H3/b14-13+. The highest BCUT2D eigenvalue weighted by Crippen LogP contribution is 2.23. The maximum atomic E-state index is 12.6. The molecule has 1 aliphatic carbocycles. The third kappa shape index (κ3) is 5.82. The lowest BCUT2D eigenvalue weighted by Crippen LogP contribution is -2.14. The fraction of sp³-hybridized carbons (Fsp3) is 0.385. The van der Waals surface area contributed by atoms with Crippen LogP contribution in [0.3, 0.4) is 0 Å². The number of Topliss-reactive ketones (excluding diaryl/α,β-unsaturated/α-hetero) is 1. The van der Waals surface area contributed by atoms with Gasteiger partial charge in [-0.05, 0) is 70.6 Å². The molecular weight excluding hydrogens is 374 g/mol. The Morgan fingerprint density at radius 3 is 2.57 bits per heavy atom. The van der Waals surface area contributed by atoms with Crippen molar-refractivity contribution in [2.24, 2.45) is 0 Å². The number of carbonyl (C=O) groups excluding carboxylic acids is 2. The van der Waals surface area contributed by atoms with Crippen molar-refractivity contribution >= 4 is 17.8 Å². The van der Waals surface area contributed by atoms with Gasteiger partial charge in [-0.3, -0.25) is 4.79 Å². The van der Waals surface area contributed by atoms with E-state index in [4.69, 9.17) is 4.74 Å². The zero-order valence-corrected chi connectivity index (χ0v) is 18.2. The van der Waals surface area contributed by atoms with Gasteiger partial charge in [0, 0.05) is 29.6 Å². The molecule has 158 valence electrons.